The predicted octanol–water partition coefficient (Wildman–Crippen LogP) is 3.08. The number of rotatable bonds is 4. The summed E-state index contributed by atoms with van der Waals surface area (Å²) in [6.45, 7) is 1.82. The van der Waals surface area contributed by atoms with Gasteiger partial charge in [0.2, 0.25) is 0 Å². The van der Waals surface area contributed by atoms with Crippen molar-refractivity contribution >= 4 is 34.5 Å². The van der Waals surface area contributed by atoms with E-state index < -0.39 is 0 Å². The van der Waals surface area contributed by atoms with Crippen molar-refractivity contribution in [1.29, 1.82) is 0 Å². The van der Waals surface area contributed by atoms with Gasteiger partial charge in [0.25, 0.3) is 5.91 Å². The van der Waals surface area contributed by atoms with Gasteiger partial charge in [0.1, 0.15) is 16.5 Å². The fraction of sp³-hybridized carbons (Fsp3) is 0.231. The Morgan fingerprint density at radius 3 is 2.85 bits per heavy atom. The maximum Gasteiger partial charge on any atom is 0.275 e. The Hall–Kier alpha value is -1.63. The van der Waals surface area contributed by atoms with Gasteiger partial charge in [-0.25, -0.2) is 4.98 Å². The Kier molecular flexibility index (Phi) is 4.59. The van der Waals surface area contributed by atoms with E-state index in [1.54, 1.807) is 23.6 Å². The van der Waals surface area contributed by atoms with Crippen LogP contribution in [-0.4, -0.2) is 18.0 Å². The number of halogens is 1. The van der Waals surface area contributed by atoms with Crippen molar-refractivity contribution in [2.24, 2.45) is 5.73 Å². The molecular weight excluding hydrogens is 298 g/mol. The van der Waals surface area contributed by atoms with E-state index in [9.17, 15) is 4.79 Å². The van der Waals surface area contributed by atoms with Gasteiger partial charge in [-0.15, -0.1) is 11.3 Å². The molecule has 0 saturated carbocycles. The highest BCUT2D eigenvalue weighted by atomic mass is 35.5. The Morgan fingerprint density at radius 2 is 2.30 bits per heavy atom. The van der Waals surface area contributed by atoms with E-state index in [1.807, 2.05) is 6.92 Å². The molecule has 1 aromatic heterocycles. The summed E-state index contributed by atoms with van der Waals surface area (Å²) in [4.78, 5) is 16.2. The Labute approximate surface area is 125 Å². The Balaban J connectivity index is 2.12. The number of benzene rings is 1. The third-order valence-corrected chi connectivity index (χ3v) is 3.89. The quantitative estimate of drug-likeness (QED) is 0.909. The van der Waals surface area contributed by atoms with Gasteiger partial charge in [0, 0.05) is 11.1 Å². The number of nitrogens with zero attached hydrogens (tertiary/aromatic N) is 1. The van der Waals surface area contributed by atoms with Crippen LogP contribution in [0.25, 0.3) is 0 Å². The van der Waals surface area contributed by atoms with E-state index in [1.165, 1.54) is 18.4 Å². The zero-order valence-electron chi connectivity index (χ0n) is 11.0. The molecule has 1 unspecified atom stereocenters. The van der Waals surface area contributed by atoms with Crippen molar-refractivity contribution in [1.82, 2.24) is 4.98 Å². The molecule has 20 heavy (non-hydrogen) atoms. The van der Waals surface area contributed by atoms with Gasteiger partial charge in [-0.3, -0.25) is 4.79 Å². The van der Waals surface area contributed by atoms with Gasteiger partial charge in [0.05, 0.1) is 18.2 Å². The van der Waals surface area contributed by atoms with Crippen molar-refractivity contribution in [3.8, 4) is 5.75 Å². The lowest BCUT2D eigenvalue weighted by molar-refractivity contribution is 0.102. The van der Waals surface area contributed by atoms with Gasteiger partial charge < -0.3 is 15.8 Å². The average molecular weight is 312 g/mol. The van der Waals surface area contributed by atoms with Gasteiger partial charge in [-0.05, 0) is 25.1 Å². The molecule has 1 amide bonds. The molecule has 7 heteroatoms. The summed E-state index contributed by atoms with van der Waals surface area (Å²) in [5.41, 5.74) is 6.64. The van der Waals surface area contributed by atoms with Crippen LogP contribution in [0.3, 0.4) is 0 Å². The largest absolute Gasteiger partial charge is 0.495 e. The minimum atomic E-state index is -0.297. The first-order valence-corrected chi connectivity index (χ1v) is 7.13. The minimum Gasteiger partial charge on any atom is -0.495 e. The predicted molar refractivity (Wildman–Crippen MR) is 80.7 cm³/mol. The second-order valence-electron chi connectivity index (χ2n) is 4.16. The third-order valence-electron chi connectivity index (χ3n) is 2.55. The van der Waals surface area contributed by atoms with Gasteiger partial charge in [-0.2, -0.15) is 0 Å². The summed E-state index contributed by atoms with van der Waals surface area (Å²) in [6.07, 6.45) is 0. The third kappa shape index (κ3) is 3.27. The van der Waals surface area contributed by atoms with E-state index >= 15 is 0 Å². The highest BCUT2D eigenvalue weighted by molar-refractivity contribution is 7.09. The molecule has 0 aliphatic heterocycles. The minimum absolute atomic E-state index is 0.183. The Morgan fingerprint density at radius 1 is 1.55 bits per heavy atom. The maximum atomic E-state index is 12.0. The van der Waals surface area contributed by atoms with Crippen molar-refractivity contribution < 1.29 is 9.53 Å². The molecule has 0 aliphatic carbocycles. The number of nitrogens with one attached hydrogen (secondary N) is 1. The normalized spacial score (nSPS) is 12.0. The first-order valence-electron chi connectivity index (χ1n) is 5.87. The zero-order valence-corrected chi connectivity index (χ0v) is 12.6. The lowest BCUT2D eigenvalue weighted by atomic mass is 10.3. The Bertz CT molecular complexity index is 628. The number of nitrogens with two attached hydrogens (primary N) is 1. The molecule has 2 aromatic rings. The monoisotopic (exact) mass is 311 g/mol. The fourth-order valence-electron chi connectivity index (χ4n) is 1.54. The van der Waals surface area contributed by atoms with Crippen molar-refractivity contribution in [2.75, 3.05) is 12.4 Å². The molecule has 1 atom stereocenters. The van der Waals surface area contributed by atoms with E-state index in [0.717, 1.165) is 5.01 Å². The number of aromatic nitrogens is 1. The van der Waals surface area contributed by atoms with Crippen molar-refractivity contribution in [2.45, 2.75) is 13.0 Å². The number of thiazole rings is 1. The summed E-state index contributed by atoms with van der Waals surface area (Å²) in [5.74, 6) is 0.256. The zero-order chi connectivity index (χ0) is 14.7. The number of carbonyl (C=O) groups excluding carboxylic acids is 1. The van der Waals surface area contributed by atoms with E-state index in [4.69, 9.17) is 22.1 Å². The number of carbonyl (C=O) groups is 1. The molecule has 0 bridgehead atoms. The number of amides is 1. The summed E-state index contributed by atoms with van der Waals surface area (Å²) in [5, 5.41) is 5.56. The topological polar surface area (TPSA) is 77.2 Å². The van der Waals surface area contributed by atoms with E-state index in [0.29, 0.717) is 22.2 Å². The summed E-state index contributed by atoms with van der Waals surface area (Å²) < 4.78 is 5.05. The maximum absolute atomic E-state index is 12.0. The number of anilines is 1. The molecule has 1 heterocycles. The second kappa shape index (κ2) is 6.21. The fourth-order valence-corrected chi connectivity index (χ4v) is 2.56. The summed E-state index contributed by atoms with van der Waals surface area (Å²) in [7, 11) is 1.53. The molecule has 2 rings (SSSR count). The van der Waals surface area contributed by atoms with Gasteiger partial charge >= 0.3 is 0 Å². The van der Waals surface area contributed by atoms with Crippen LogP contribution in [0.15, 0.2) is 23.6 Å². The van der Waals surface area contributed by atoms with E-state index in [-0.39, 0.29) is 11.9 Å². The molecule has 0 aliphatic rings. The van der Waals surface area contributed by atoms with Crippen LogP contribution in [0.1, 0.15) is 28.5 Å². The molecule has 1 aromatic carbocycles. The van der Waals surface area contributed by atoms with Gasteiger partial charge in [-0.1, -0.05) is 11.6 Å². The standard InChI is InChI=1S/C13H14ClN3O2S/c1-7(15)13-17-10(6-20-13)12(18)16-8-3-4-11(19-2)9(14)5-8/h3-7H,15H2,1-2H3,(H,16,18). The van der Waals surface area contributed by atoms with Crippen LogP contribution in [0.5, 0.6) is 5.75 Å². The van der Waals surface area contributed by atoms with Crippen LogP contribution < -0.4 is 15.8 Å². The smallest absolute Gasteiger partial charge is 0.275 e. The van der Waals surface area contributed by atoms with Crippen LogP contribution in [0.4, 0.5) is 5.69 Å². The van der Waals surface area contributed by atoms with Gasteiger partial charge in [0.15, 0.2) is 0 Å². The first kappa shape index (κ1) is 14.8. The summed E-state index contributed by atoms with van der Waals surface area (Å²) in [6, 6.07) is 4.84. The molecule has 0 saturated heterocycles. The summed E-state index contributed by atoms with van der Waals surface area (Å²) >= 11 is 7.36. The number of hydrogen-bond donors (Lipinski definition) is 2. The van der Waals surface area contributed by atoms with Crippen molar-refractivity contribution in [3.05, 3.63) is 39.3 Å². The molecular formula is C13H14ClN3O2S. The van der Waals surface area contributed by atoms with E-state index in [2.05, 4.69) is 10.3 Å². The van der Waals surface area contributed by atoms with Crippen LogP contribution in [0.2, 0.25) is 5.02 Å². The SMILES string of the molecule is COc1ccc(NC(=O)c2csc(C(C)N)n2)cc1Cl. The second-order valence-corrected chi connectivity index (χ2v) is 5.46. The molecule has 0 fully saturated rings. The molecule has 0 radical (unpaired) electrons. The highest BCUT2D eigenvalue weighted by Gasteiger charge is 2.13. The molecule has 5 nitrogen and oxygen atoms in total. The number of methoxy groups -OCH3 is 1. The van der Waals surface area contributed by atoms with Crippen LogP contribution >= 0.6 is 22.9 Å². The lowest BCUT2D eigenvalue weighted by Gasteiger charge is -2.07. The molecule has 3 N–H and O–H groups in total. The number of ether oxygens (including phenoxy) is 1. The highest BCUT2D eigenvalue weighted by Crippen LogP contribution is 2.27. The first-order chi connectivity index (χ1) is 9.51. The molecule has 106 valence electrons. The number of hydrogen-bond acceptors (Lipinski definition) is 5. The lowest BCUT2D eigenvalue weighted by Crippen LogP contribution is -2.13. The van der Waals surface area contributed by atoms with Crippen molar-refractivity contribution in [3.63, 3.8) is 0 Å². The molecule has 0 spiro atoms. The van der Waals surface area contributed by atoms with Crippen LogP contribution in [0, 0.1) is 0 Å². The van der Waals surface area contributed by atoms with Crippen LogP contribution in [-0.2, 0) is 0 Å². The average Bonchev–Trinajstić information content (AvgIpc) is 2.88.